The average Bonchev–Trinajstić information content (AvgIpc) is 3.04. The Morgan fingerprint density at radius 2 is 1.71 bits per heavy atom. The number of aromatic nitrogens is 2. The Balaban J connectivity index is 1.72. The zero-order valence-electron chi connectivity index (χ0n) is 28.1. The van der Waals surface area contributed by atoms with Gasteiger partial charge in [-0.15, -0.1) is 0 Å². The van der Waals surface area contributed by atoms with Crippen molar-refractivity contribution in [2.45, 2.75) is 46.3 Å². The highest BCUT2D eigenvalue weighted by atomic mass is 35.5. The zero-order chi connectivity index (χ0) is 34.7. The van der Waals surface area contributed by atoms with Gasteiger partial charge in [0.1, 0.15) is 22.9 Å². The molecule has 1 saturated heterocycles. The molecule has 0 unspecified atom stereocenters. The maximum atomic E-state index is 14.5. The number of hydrogen-bond acceptors (Lipinski definition) is 9. The summed E-state index contributed by atoms with van der Waals surface area (Å²) in [6.45, 7) is 11.3. The van der Waals surface area contributed by atoms with Gasteiger partial charge in [0.15, 0.2) is 0 Å². The third kappa shape index (κ3) is 7.34. The van der Waals surface area contributed by atoms with Crippen LogP contribution in [0.5, 0.6) is 11.5 Å². The summed E-state index contributed by atoms with van der Waals surface area (Å²) in [7, 11) is 2.96. The van der Waals surface area contributed by atoms with E-state index in [1.54, 1.807) is 55.8 Å². The van der Waals surface area contributed by atoms with Crippen molar-refractivity contribution in [3.05, 3.63) is 68.6 Å². The normalized spacial score (nSPS) is 13.8. The Kier molecular flexibility index (Phi) is 10.7. The maximum absolute atomic E-state index is 14.5. The molecule has 4 aromatic rings. The van der Waals surface area contributed by atoms with E-state index in [2.05, 4.69) is 4.90 Å². The van der Waals surface area contributed by atoms with Gasteiger partial charge in [-0.2, -0.15) is 0 Å². The molecule has 0 radical (unpaired) electrons. The lowest BCUT2D eigenvalue weighted by Crippen LogP contribution is -2.37. The molecule has 2 aromatic carbocycles. The highest BCUT2D eigenvalue weighted by molar-refractivity contribution is 6.41. The smallest absolute Gasteiger partial charge is 0.420 e. The Bertz CT molecular complexity index is 1840. The van der Waals surface area contributed by atoms with E-state index in [1.807, 2.05) is 19.1 Å². The topological polar surface area (TPSA) is 121 Å². The second-order valence-corrected chi connectivity index (χ2v) is 13.3. The van der Waals surface area contributed by atoms with E-state index in [0.717, 1.165) is 25.2 Å². The van der Waals surface area contributed by atoms with Crippen molar-refractivity contribution in [3.63, 3.8) is 0 Å². The number of ether oxygens (including phenoxy) is 4. The predicted octanol–water partition coefficient (Wildman–Crippen LogP) is 7.07. The van der Waals surface area contributed by atoms with Crippen LogP contribution in [0.4, 0.5) is 22.0 Å². The second kappa shape index (κ2) is 14.6. The molecule has 1 aliphatic heterocycles. The van der Waals surface area contributed by atoms with Gasteiger partial charge < -0.3 is 29.2 Å². The fraction of sp³-hybridized carbons (Fsp3) is 0.400. The molecule has 0 atom stereocenters. The number of halogens is 2. The van der Waals surface area contributed by atoms with Gasteiger partial charge in [-0.05, 0) is 51.8 Å². The molecule has 256 valence electrons. The molecule has 48 heavy (non-hydrogen) atoms. The molecular weight excluding hydrogens is 657 g/mol. The van der Waals surface area contributed by atoms with Crippen molar-refractivity contribution in [1.29, 1.82) is 0 Å². The summed E-state index contributed by atoms with van der Waals surface area (Å²) < 4.78 is 24.0. The molecule has 1 fully saturated rings. The van der Waals surface area contributed by atoms with E-state index >= 15 is 0 Å². The van der Waals surface area contributed by atoms with Crippen LogP contribution in [0.2, 0.25) is 10.0 Å². The number of para-hydroxylation sites is 1. The number of methoxy groups -OCH3 is 2. The number of anilines is 3. The Hall–Kier alpha value is -4.03. The van der Waals surface area contributed by atoms with Gasteiger partial charge in [0, 0.05) is 55.5 Å². The van der Waals surface area contributed by atoms with Crippen LogP contribution >= 0.6 is 23.2 Å². The molecule has 0 aliphatic carbocycles. The van der Waals surface area contributed by atoms with Gasteiger partial charge in [-0.3, -0.25) is 9.69 Å². The number of morpholine rings is 1. The molecule has 3 heterocycles. The summed E-state index contributed by atoms with van der Waals surface area (Å²) in [6.07, 6.45) is 1.62. The van der Waals surface area contributed by atoms with Crippen molar-refractivity contribution in [1.82, 2.24) is 14.5 Å². The number of carbonyl (C=O) groups excluding carboxylic acids is 1. The number of pyridine rings is 2. The number of nitrogens with zero attached hydrogens (tertiary/aromatic N) is 4. The summed E-state index contributed by atoms with van der Waals surface area (Å²) in [5.74, 6) is 0.859. The van der Waals surface area contributed by atoms with E-state index in [4.69, 9.17) is 52.9 Å². The minimum atomic E-state index is -0.795. The molecular formula is C35H41Cl2N5O6. The summed E-state index contributed by atoms with van der Waals surface area (Å²) in [5.41, 5.74) is 7.96. The third-order valence-electron chi connectivity index (χ3n) is 8.06. The maximum Gasteiger partial charge on any atom is 0.420 e. The minimum Gasteiger partial charge on any atom is -0.495 e. The van der Waals surface area contributed by atoms with E-state index in [9.17, 15) is 9.59 Å². The highest BCUT2D eigenvalue weighted by Gasteiger charge is 2.30. The van der Waals surface area contributed by atoms with E-state index in [0.29, 0.717) is 60.0 Å². The van der Waals surface area contributed by atoms with E-state index < -0.39 is 11.7 Å². The number of carbonyl (C=O) groups is 1. The van der Waals surface area contributed by atoms with E-state index in [-0.39, 0.29) is 32.5 Å². The first-order valence-electron chi connectivity index (χ1n) is 15.7. The predicted molar refractivity (Wildman–Crippen MR) is 190 cm³/mol. The number of aryl methyl sites for hydroxylation is 2. The molecule has 2 N–H and O–H groups in total. The van der Waals surface area contributed by atoms with Crippen molar-refractivity contribution in [2.24, 2.45) is 0 Å². The highest BCUT2D eigenvalue weighted by Crippen LogP contribution is 2.45. The van der Waals surface area contributed by atoms with Crippen molar-refractivity contribution >= 4 is 57.4 Å². The van der Waals surface area contributed by atoms with Gasteiger partial charge in [-0.1, -0.05) is 35.3 Å². The Labute approximate surface area is 290 Å². The van der Waals surface area contributed by atoms with Gasteiger partial charge in [-0.25, -0.2) is 14.7 Å². The molecule has 1 aliphatic rings. The monoisotopic (exact) mass is 697 g/mol. The molecule has 1 amide bonds. The molecule has 0 spiro atoms. The second-order valence-electron chi connectivity index (χ2n) is 12.5. The number of rotatable bonds is 9. The van der Waals surface area contributed by atoms with Crippen molar-refractivity contribution < 1.29 is 23.7 Å². The van der Waals surface area contributed by atoms with E-state index in [1.165, 1.54) is 19.1 Å². The van der Waals surface area contributed by atoms with Crippen LogP contribution in [0.3, 0.4) is 0 Å². The number of amides is 1. The molecule has 0 saturated carbocycles. The first-order chi connectivity index (χ1) is 22.8. The lowest BCUT2D eigenvalue weighted by atomic mass is 10.0. The zero-order valence-corrected chi connectivity index (χ0v) is 29.6. The van der Waals surface area contributed by atoms with Gasteiger partial charge in [0.2, 0.25) is 0 Å². The first kappa shape index (κ1) is 35.3. The minimum absolute atomic E-state index is 0.176. The molecule has 13 heteroatoms. The van der Waals surface area contributed by atoms with Gasteiger partial charge in [0.05, 0.1) is 59.9 Å². The summed E-state index contributed by atoms with van der Waals surface area (Å²) in [5, 5.41) is 0.973. The Morgan fingerprint density at radius 3 is 2.31 bits per heavy atom. The van der Waals surface area contributed by atoms with Crippen LogP contribution in [-0.2, 0) is 16.0 Å². The standard InChI is InChI=1S/C35H41Cl2N5O6/c1-21-9-7-10-24(38)32(21)42(34(44)48-35(2,3)4)28-18-25-22(20-39-28)17-23(29-30(36)26(45-5)19-27(46-6)31(29)37)33(43)41(25)12-8-11-40-13-15-47-16-14-40/h7,9-10,17-20H,8,11-16,38H2,1-6H3. The number of nitrogen functional groups attached to an aromatic ring is 1. The van der Waals surface area contributed by atoms with Crippen molar-refractivity contribution in [3.8, 4) is 22.6 Å². The Morgan fingerprint density at radius 1 is 1.04 bits per heavy atom. The third-order valence-corrected chi connectivity index (χ3v) is 8.81. The average molecular weight is 699 g/mol. The van der Waals surface area contributed by atoms with Crippen LogP contribution in [0.15, 0.2) is 47.4 Å². The molecule has 5 rings (SSSR count). The SMILES string of the molecule is COc1cc(OC)c(Cl)c(-c2cc3cnc(N(C(=O)OC(C)(C)C)c4c(C)cccc4N)cc3n(CCCN3CCOCC3)c2=O)c1Cl. The summed E-state index contributed by atoms with van der Waals surface area (Å²) >= 11 is 13.6. The van der Waals surface area contributed by atoms with Crippen LogP contribution in [-0.4, -0.2) is 73.2 Å². The number of fused-ring (bicyclic) bond motifs is 1. The lowest BCUT2D eigenvalue weighted by molar-refractivity contribution is 0.0369. The fourth-order valence-electron chi connectivity index (χ4n) is 5.78. The number of hydrogen-bond donors (Lipinski definition) is 1. The summed E-state index contributed by atoms with van der Waals surface area (Å²) in [4.78, 5) is 36.7. The van der Waals surface area contributed by atoms with Crippen LogP contribution in [0, 0.1) is 6.92 Å². The fourth-order valence-corrected chi connectivity index (χ4v) is 6.48. The molecule has 11 nitrogen and oxygen atoms in total. The van der Waals surface area contributed by atoms with Crippen LogP contribution in [0.25, 0.3) is 22.0 Å². The van der Waals surface area contributed by atoms with Crippen molar-refractivity contribution in [2.75, 3.05) is 57.7 Å². The summed E-state index contributed by atoms with van der Waals surface area (Å²) in [6, 6.07) is 10.4. The quantitative estimate of drug-likeness (QED) is 0.183. The van der Waals surface area contributed by atoms with Gasteiger partial charge >= 0.3 is 6.09 Å². The first-order valence-corrected chi connectivity index (χ1v) is 16.4. The molecule has 2 aromatic heterocycles. The number of nitrogens with two attached hydrogens (primary N) is 1. The largest absolute Gasteiger partial charge is 0.495 e. The molecule has 0 bridgehead atoms. The van der Waals surface area contributed by atoms with Gasteiger partial charge in [0.25, 0.3) is 5.56 Å². The van der Waals surface area contributed by atoms with Crippen LogP contribution < -0.4 is 25.7 Å². The number of benzene rings is 2. The van der Waals surface area contributed by atoms with Crippen LogP contribution in [0.1, 0.15) is 32.8 Å². The lowest BCUT2D eigenvalue weighted by Gasteiger charge is -2.29.